The van der Waals surface area contributed by atoms with E-state index in [4.69, 9.17) is 4.74 Å². The maximum atomic E-state index is 12.7. The second kappa shape index (κ2) is 7.24. The lowest BCUT2D eigenvalue weighted by molar-refractivity contribution is -0.116. The van der Waals surface area contributed by atoms with Gasteiger partial charge in [0, 0.05) is 31.0 Å². The number of benzene rings is 1. The first kappa shape index (κ1) is 18.1. The van der Waals surface area contributed by atoms with E-state index in [2.05, 4.69) is 29.3 Å². The van der Waals surface area contributed by atoms with Gasteiger partial charge in [-0.1, -0.05) is 13.0 Å². The van der Waals surface area contributed by atoms with Gasteiger partial charge < -0.3 is 19.9 Å². The molecule has 0 saturated carbocycles. The van der Waals surface area contributed by atoms with Gasteiger partial charge in [0.25, 0.3) is 0 Å². The predicted octanol–water partition coefficient (Wildman–Crippen LogP) is 3.95. The Kier molecular flexibility index (Phi) is 5.23. The van der Waals surface area contributed by atoms with Crippen molar-refractivity contribution in [1.82, 2.24) is 4.90 Å². The van der Waals surface area contributed by atoms with Gasteiger partial charge in [-0.15, -0.1) is 0 Å². The Morgan fingerprint density at radius 3 is 2.64 bits per heavy atom. The molecule has 0 bridgehead atoms. The van der Waals surface area contributed by atoms with E-state index in [9.17, 15) is 4.79 Å². The molecule has 2 aliphatic heterocycles. The Hall–Kier alpha value is -1.75. The van der Waals surface area contributed by atoms with Crippen molar-refractivity contribution >= 4 is 17.4 Å². The Morgan fingerprint density at radius 1 is 1.24 bits per heavy atom. The summed E-state index contributed by atoms with van der Waals surface area (Å²) >= 11 is 0. The molecule has 5 nitrogen and oxygen atoms in total. The minimum atomic E-state index is -0.304. The Balaban J connectivity index is 1.64. The van der Waals surface area contributed by atoms with E-state index in [1.807, 2.05) is 37.8 Å². The molecule has 3 rings (SSSR count). The van der Waals surface area contributed by atoms with Crippen molar-refractivity contribution in [3.05, 3.63) is 24.3 Å². The number of carbonyl (C=O) groups is 1. The lowest BCUT2D eigenvalue weighted by Crippen LogP contribution is -2.54. The molecule has 0 radical (unpaired) electrons. The zero-order valence-electron chi connectivity index (χ0n) is 15.9. The maximum absolute atomic E-state index is 12.7. The van der Waals surface area contributed by atoms with Gasteiger partial charge in [0.05, 0.1) is 18.2 Å². The molecule has 2 aliphatic rings. The van der Waals surface area contributed by atoms with Crippen molar-refractivity contribution in [3.8, 4) is 0 Å². The molecule has 25 heavy (non-hydrogen) atoms. The van der Waals surface area contributed by atoms with E-state index in [0.29, 0.717) is 13.1 Å². The fraction of sp³-hybridized carbons (Fsp3) is 0.650. The van der Waals surface area contributed by atoms with E-state index < -0.39 is 0 Å². The van der Waals surface area contributed by atoms with Crippen LogP contribution in [0.1, 0.15) is 40.5 Å². The molecule has 5 heteroatoms. The number of nitrogens with zero attached hydrogens (tertiary/aromatic N) is 2. The molecule has 2 fully saturated rings. The van der Waals surface area contributed by atoms with Crippen molar-refractivity contribution in [2.45, 2.75) is 52.2 Å². The number of rotatable bonds is 2. The highest BCUT2D eigenvalue weighted by Gasteiger charge is 2.33. The summed E-state index contributed by atoms with van der Waals surface area (Å²) in [7, 11) is 0. The van der Waals surface area contributed by atoms with Crippen molar-refractivity contribution in [2.24, 2.45) is 5.92 Å². The average molecular weight is 345 g/mol. The molecule has 2 heterocycles. The summed E-state index contributed by atoms with van der Waals surface area (Å²) in [6.07, 6.45) is 2.52. The third-order valence-electron chi connectivity index (χ3n) is 5.10. The molecule has 1 aromatic rings. The van der Waals surface area contributed by atoms with Crippen LogP contribution in [0.15, 0.2) is 24.3 Å². The second-order valence-corrected chi connectivity index (χ2v) is 8.22. The molecule has 1 aromatic carbocycles. The van der Waals surface area contributed by atoms with Gasteiger partial charge in [-0.2, -0.15) is 0 Å². The normalized spacial score (nSPS) is 24.2. The summed E-state index contributed by atoms with van der Waals surface area (Å²) in [6.45, 7) is 11.8. The summed E-state index contributed by atoms with van der Waals surface area (Å²) in [5.41, 5.74) is 1.75. The van der Waals surface area contributed by atoms with Gasteiger partial charge >= 0.3 is 6.03 Å². The van der Waals surface area contributed by atoms with Crippen LogP contribution < -0.4 is 10.2 Å². The minimum Gasteiger partial charge on any atom is -0.371 e. The quantitative estimate of drug-likeness (QED) is 0.882. The minimum absolute atomic E-state index is 0.0485. The number of carbonyl (C=O) groups excluding carboxylic acids is 1. The van der Waals surface area contributed by atoms with Crippen LogP contribution in [0.2, 0.25) is 0 Å². The molecule has 1 unspecified atom stereocenters. The predicted molar refractivity (Wildman–Crippen MR) is 102 cm³/mol. The first-order valence-corrected chi connectivity index (χ1v) is 9.41. The number of anilines is 2. The fourth-order valence-corrected chi connectivity index (χ4v) is 3.86. The van der Waals surface area contributed by atoms with Gasteiger partial charge in [0.1, 0.15) is 0 Å². The number of urea groups is 1. The van der Waals surface area contributed by atoms with Crippen molar-refractivity contribution < 1.29 is 9.53 Å². The molecule has 0 spiro atoms. The second-order valence-electron chi connectivity index (χ2n) is 8.22. The highest BCUT2D eigenvalue weighted by molar-refractivity contribution is 5.90. The molecule has 1 atom stereocenters. The van der Waals surface area contributed by atoms with Crippen LogP contribution in [0, 0.1) is 5.92 Å². The number of nitrogens with one attached hydrogen (secondary N) is 1. The fourth-order valence-electron chi connectivity index (χ4n) is 3.86. The monoisotopic (exact) mass is 345 g/mol. The Bertz CT molecular complexity index is 609. The molecule has 1 N–H and O–H groups in total. The van der Waals surface area contributed by atoms with Crippen LogP contribution in [0.3, 0.4) is 0 Å². The number of hydrogen-bond donors (Lipinski definition) is 1. The van der Waals surface area contributed by atoms with Gasteiger partial charge in [-0.3, -0.25) is 0 Å². The molecule has 0 aromatic heterocycles. The average Bonchev–Trinajstić information content (AvgIpc) is 2.54. The van der Waals surface area contributed by atoms with Gasteiger partial charge in [-0.25, -0.2) is 4.79 Å². The van der Waals surface area contributed by atoms with Crippen LogP contribution in [-0.2, 0) is 4.74 Å². The van der Waals surface area contributed by atoms with Crippen molar-refractivity contribution in [3.63, 3.8) is 0 Å². The van der Waals surface area contributed by atoms with Crippen LogP contribution in [0.4, 0.5) is 16.2 Å². The zero-order chi connectivity index (χ0) is 18.0. The number of amides is 2. The highest BCUT2D eigenvalue weighted by atomic mass is 16.5. The van der Waals surface area contributed by atoms with E-state index in [1.165, 1.54) is 18.5 Å². The molecule has 2 amide bonds. The van der Waals surface area contributed by atoms with E-state index in [0.717, 1.165) is 24.7 Å². The molecule has 138 valence electrons. The van der Waals surface area contributed by atoms with Crippen LogP contribution in [0.25, 0.3) is 0 Å². The molecule has 2 saturated heterocycles. The third-order valence-corrected chi connectivity index (χ3v) is 5.10. The Labute approximate surface area is 151 Å². The topological polar surface area (TPSA) is 44.8 Å². The van der Waals surface area contributed by atoms with Crippen LogP contribution in [0.5, 0.6) is 0 Å². The SMILES string of the molecule is CC1CCN(c2cccc(NC(=O)N3CC(C)OC(C)(C)C3)c2)CC1. The molecule has 0 aliphatic carbocycles. The number of piperidine rings is 1. The summed E-state index contributed by atoms with van der Waals surface area (Å²) in [5, 5.41) is 3.06. The van der Waals surface area contributed by atoms with Crippen LogP contribution in [-0.4, -0.2) is 48.8 Å². The van der Waals surface area contributed by atoms with Gasteiger partial charge in [0.15, 0.2) is 0 Å². The largest absolute Gasteiger partial charge is 0.371 e. The maximum Gasteiger partial charge on any atom is 0.322 e. The highest BCUT2D eigenvalue weighted by Crippen LogP contribution is 2.26. The van der Waals surface area contributed by atoms with E-state index in [-0.39, 0.29) is 17.7 Å². The lowest BCUT2D eigenvalue weighted by Gasteiger charge is -2.41. The van der Waals surface area contributed by atoms with Crippen molar-refractivity contribution in [2.75, 3.05) is 36.4 Å². The molecular formula is C20H31N3O2. The summed E-state index contributed by atoms with van der Waals surface area (Å²) in [5.74, 6) is 0.811. The number of ether oxygens (including phenoxy) is 1. The summed E-state index contributed by atoms with van der Waals surface area (Å²) in [4.78, 5) is 16.9. The first-order valence-electron chi connectivity index (χ1n) is 9.41. The van der Waals surface area contributed by atoms with Crippen molar-refractivity contribution in [1.29, 1.82) is 0 Å². The van der Waals surface area contributed by atoms with E-state index in [1.54, 1.807) is 0 Å². The zero-order valence-corrected chi connectivity index (χ0v) is 15.9. The number of morpholine rings is 1. The van der Waals surface area contributed by atoms with Crippen LogP contribution >= 0.6 is 0 Å². The van der Waals surface area contributed by atoms with E-state index >= 15 is 0 Å². The smallest absolute Gasteiger partial charge is 0.322 e. The third kappa shape index (κ3) is 4.66. The standard InChI is InChI=1S/C20H31N3O2/c1-15-8-10-22(11-9-15)18-7-5-6-17(12-18)21-19(24)23-13-16(2)25-20(3,4)14-23/h5-7,12,15-16H,8-11,13-14H2,1-4H3,(H,21,24). The Morgan fingerprint density at radius 2 is 1.96 bits per heavy atom. The lowest BCUT2D eigenvalue weighted by atomic mass is 9.99. The van der Waals surface area contributed by atoms with Gasteiger partial charge in [0.2, 0.25) is 0 Å². The van der Waals surface area contributed by atoms with Gasteiger partial charge in [-0.05, 0) is 57.7 Å². The first-order chi connectivity index (χ1) is 11.8. The summed E-state index contributed by atoms with van der Waals surface area (Å²) in [6, 6.07) is 8.15. The summed E-state index contributed by atoms with van der Waals surface area (Å²) < 4.78 is 5.88. The molecular weight excluding hydrogens is 314 g/mol. The number of hydrogen-bond acceptors (Lipinski definition) is 3.